The smallest absolute Gasteiger partial charge is 0.387 e. The molecule has 0 unspecified atom stereocenters. The fourth-order valence-electron chi connectivity index (χ4n) is 2.31. The van der Waals surface area contributed by atoms with Crippen LogP contribution in [0.15, 0.2) is 23.2 Å². The quantitative estimate of drug-likeness (QED) is 0.166. The third-order valence-corrected chi connectivity index (χ3v) is 3.51. The number of guanidine groups is 1. The Morgan fingerprint density at radius 3 is 2.59 bits per heavy atom. The van der Waals surface area contributed by atoms with Crippen molar-refractivity contribution in [1.82, 2.24) is 10.6 Å². The average molecular weight is 531 g/mol. The summed E-state index contributed by atoms with van der Waals surface area (Å²) in [5, 5.41) is 6.31. The van der Waals surface area contributed by atoms with E-state index in [2.05, 4.69) is 20.4 Å². The lowest BCUT2D eigenvalue weighted by atomic mass is 10.2. The summed E-state index contributed by atoms with van der Waals surface area (Å²) in [5.74, 6) is 0.886. The fraction of sp³-hybridized carbons (Fsp3) is 0.632. The van der Waals surface area contributed by atoms with Crippen LogP contribution >= 0.6 is 24.0 Å². The van der Waals surface area contributed by atoms with E-state index >= 15 is 0 Å². The summed E-state index contributed by atoms with van der Waals surface area (Å²) in [6.45, 7) is 4.40. The first-order valence-electron chi connectivity index (χ1n) is 9.40. The molecule has 1 aromatic rings. The van der Waals surface area contributed by atoms with Crippen molar-refractivity contribution in [2.24, 2.45) is 4.99 Å². The van der Waals surface area contributed by atoms with E-state index in [-0.39, 0.29) is 42.0 Å². The Kier molecular flexibility index (Phi) is 16.6. The second-order valence-electron chi connectivity index (χ2n) is 5.64. The second kappa shape index (κ2) is 17.5. The lowest BCUT2D eigenvalue weighted by Gasteiger charge is -2.15. The van der Waals surface area contributed by atoms with Gasteiger partial charge in [0.15, 0.2) is 17.5 Å². The van der Waals surface area contributed by atoms with Crippen LogP contribution in [-0.2, 0) is 16.0 Å². The molecule has 0 fully saturated rings. The minimum absolute atomic E-state index is 0. The molecule has 7 nitrogen and oxygen atoms in total. The lowest BCUT2D eigenvalue weighted by molar-refractivity contribution is -0.0520. The number of hydrogen-bond acceptors (Lipinski definition) is 5. The number of alkyl halides is 2. The molecule has 0 saturated carbocycles. The van der Waals surface area contributed by atoms with Crippen LogP contribution in [0.5, 0.6) is 11.5 Å². The van der Waals surface area contributed by atoms with Crippen LogP contribution in [0.2, 0.25) is 0 Å². The van der Waals surface area contributed by atoms with Gasteiger partial charge in [0.2, 0.25) is 0 Å². The number of aliphatic imine (C=N–C) groups is 1. The number of nitrogens with one attached hydrogen (secondary N) is 2. The van der Waals surface area contributed by atoms with Gasteiger partial charge in [-0.1, -0.05) is 12.1 Å². The van der Waals surface area contributed by atoms with E-state index in [1.54, 1.807) is 32.2 Å². The number of methoxy groups -OCH3 is 1. The zero-order valence-electron chi connectivity index (χ0n) is 17.2. The monoisotopic (exact) mass is 531 g/mol. The Morgan fingerprint density at radius 2 is 1.93 bits per heavy atom. The minimum atomic E-state index is -2.94. The van der Waals surface area contributed by atoms with E-state index in [9.17, 15) is 8.78 Å². The van der Waals surface area contributed by atoms with E-state index in [1.165, 1.54) is 0 Å². The lowest BCUT2D eigenvalue weighted by Crippen LogP contribution is -2.38. The van der Waals surface area contributed by atoms with Crippen molar-refractivity contribution in [2.75, 3.05) is 46.6 Å². The molecule has 0 aliphatic rings. The summed E-state index contributed by atoms with van der Waals surface area (Å²) in [4.78, 5) is 4.45. The first kappa shape index (κ1) is 27.6. The molecule has 0 aliphatic heterocycles. The van der Waals surface area contributed by atoms with Crippen LogP contribution < -0.4 is 20.1 Å². The van der Waals surface area contributed by atoms with Gasteiger partial charge in [-0.05, 0) is 26.3 Å². The Balaban J connectivity index is 0.00000784. The van der Waals surface area contributed by atoms with Gasteiger partial charge in [0.1, 0.15) is 0 Å². The van der Waals surface area contributed by atoms with E-state index < -0.39 is 6.61 Å². The van der Waals surface area contributed by atoms with Gasteiger partial charge < -0.3 is 29.6 Å². The van der Waals surface area contributed by atoms with Crippen LogP contribution in [-0.4, -0.2) is 59.2 Å². The normalized spacial score (nSPS) is 11.2. The largest absolute Gasteiger partial charge is 0.490 e. The molecule has 1 rings (SSSR count). The molecule has 0 bridgehead atoms. The number of benzene rings is 1. The van der Waals surface area contributed by atoms with Crippen LogP contribution in [0.1, 0.15) is 25.8 Å². The molecule has 0 amide bonds. The van der Waals surface area contributed by atoms with Crippen LogP contribution in [0.4, 0.5) is 8.78 Å². The first-order valence-corrected chi connectivity index (χ1v) is 9.40. The summed E-state index contributed by atoms with van der Waals surface area (Å²) >= 11 is 0. The Morgan fingerprint density at radius 1 is 1.14 bits per heavy atom. The average Bonchev–Trinajstić information content (AvgIpc) is 2.67. The fourth-order valence-corrected chi connectivity index (χ4v) is 2.31. The molecule has 29 heavy (non-hydrogen) atoms. The maximum absolute atomic E-state index is 12.8. The van der Waals surface area contributed by atoms with Crippen LogP contribution in [0.25, 0.3) is 0 Å². The van der Waals surface area contributed by atoms with Gasteiger partial charge in [-0.2, -0.15) is 8.78 Å². The van der Waals surface area contributed by atoms with Gasteiger partial charge in [0.25, 0.3) is 0 Å². The Bertz CT molecular complexity index is 580. The number of rotatable bonds is 14. The number of para-hydroxylation sites is 1. The van der Waals surface area contributed by atoms with E-state index in [0.29, 0.717) is 51.0 Å². The summed E-state index contributed by atoms with van der Waals surface area (Å²) in [7, 11) is 1.63. The summed E-state index contributed by atoms with van der Waals surface area (Å²) in [5.41, 5.74) is 0.520. The van der Waals surface area contributed by atoms with Crippen molar-refractivity contribution in [3.05, 3.63) is 23.8 Å². The van der Waals surface area contributed by atoms with E-state index in [1.807, 2.05) is 6.92 Å². The molecule has 0 atom stereocenters. The number of nitrogens with zero attached hydrogens (tertiary/aromatic N) is 1. The van der Waals surface area contributed by atoms with Gasteiger partial charge in [-0.15, -0.1) is 24.0 Å². The zero-order valence-corrected chi connectivity index (χ0v) is 19.5. The molecule has 0 spiro atoms. The maximum atomic E-state index is 12.8. The number of hydrogen-bond donors (Lipinski definition) is 2. The van der Waals surface area contributed by atoms with Crippen molar-refractivity contribution in [3.63, 3.8) is 0 Å². The predicted molar refractivity (Wildman–Crippen MR) is 120 cm³/mol. The molecule has 0 radical (unpaired) electrons. The third kappa shape index (κ3) is 12.0. The van der Waals surface area contributed by atoms with Crippen LogP contribution in [0.3, 0.4) is 0 Å². The standard InChI is InChI=1S/C19H31F2N3O4.HI/c1-4-22-19(23-10-7-11-26-13-12-25-3)24-14-15-8-6-9-16(27-5-2)17(15)28-18(20)21;/h6,8-9,18H,4-5,7,10-14H2,1-3H3,(H2,22,23,24);1H. The highest BCUT2D eigenvalue weighted by molar-refractivity contribution is 14.0. The molecule has 2 N–H and O–H groups in total. The molecule has 0 heterocycles. The molecule has 0 aliphatic carbocycles. The Hall–Kier alpha value is -1.40. The van der Waals surface area contributed by atoms with Gasteiger partial charge in [0.05, 0.1) is 26.4 Å². The number of ether oxygens (including phenoxy) is 4. The van der Waals surface area contributed by atoms with Crippen molar-refractivity contribution < 1.29 is 27.7 Å². The predicted octanol–water partition coefficient (Wildman–Crippen LogP) is 3.41. The zero-order chi connectivity index (χ0) is 20.6. The van der Waals surface area contributed by atoms with Gasteiger partial charge >= 0.3 is 6.61 Å². The second-order valence-corrected chi connectivity index (χ2v) is 5.64. The minimum Gasteiger partial charge on any atom is -0.490 e. The highest BCUT2D eigenvalue weighted by Crippen LogP contribution is 2.33. The molecule has 10 heteroatoms. The van der Waals surface area contributed by atoms with E-state index in [4.69, 9.17) is 14.2 Å². The highest BCUT2D eigenvalue weighted by Gasteiger charge is 2.15. The van der Waals surface area contributed by atoms with Crippen molar-refractivity contribution in [3.8, 4) is 11.5 Å². The summed E-state index contributed by atoms with van der Waals surface area (Å²) in [6.07, 6.45) is 0.799. The molecular formula is C19H32F2IN3O4. The van der Waals surface area contributed by atoms with Gasteiger partial charge in [0, 0.05) is 32.4 Å². The topological polar surface area (TPSA) is 73.3 Å². The van der Waals surface area contributed by atoms with Crippen LogP contribution in [0, 0.1) is 0 Å². The third-order valence-electron chi connectivity index (χ3n) is 3.51. The molecule has 0 aromatic heterocycles. The molecule has 1 aromatic carbocycles. The molecular weight excluding hydrogens is 499 g/mol. The van der Waals surface area contributed by atoms with Gasteiger partial charge in [-0.3, -0.25) is 0 Å². The van der Waals surface area contributed by atoms with Gasteiger partial charge in [-0.25, -0.2) is 4.99 Å². The molecule has 0 saturated heterocycles. The first-order chi connectivity index (χ1) is 13.6. The van der Waals surface area contributed by atoms with Crippen molar-refractivity contribution in [2.45, 2.75) is 33.4 Å². The van der Waals surface area contributed by atoms with Crippen molar-refractivity contribution >= 4 is 29.9 Å². The van der Waals surface area contributed by atoms with E-state index in [0.717, 1.165) is 6.42 Å². The highest BCUT2D eigenvalue weighted by atomic mass is 127. The SMILES string of the molecule is CCNC(=NCc1cccc(OCC)c1OC(F)F)NCCCOCCOC.I. The summed E-state index contributed by atoms with van der Waals surface area (Å²) in [6, 6.07) is 5.02. The summed E-state index contributed by atoms with van der Waals surface area (Å²) < 4.78 is 46.0. The molecule has 168 valence electrons. The Labute approximate surface area is 188 Å². The van der Waals surface area contributed by atoms with Crippen molar-refractivity contribution in [1.29, 1.82) is 0 Å². The number of halogens is 3. The maximum Gasteiger partial charge on any atom is 0.387 e.